The van der Waals surface area contributed by atoms with Crippen LogP contribution in [0.15, 0.2) is 21.9 Å². The second-order valence-corrected chi connectivity index (χ2v) is 6.02. The fraction of sp³-hybridized carbons (Fsp3) is 0.429. The molecule has 1 aliphatic carbocycles. The summed E-state index contributed by atoms with van der Waals surface area (Å²) in [5, 5.41) is 0. The quantitative estimate of drug-likeness (QED) is 0.837. The van der Waals surface area contributed by atoms with Crippen molar-refractivity contribution in [3.8, 4) is 11.5 Å². The van der Waals surface area contributed by atoms with Gasteiger partial charge in [-0.2, -0.15) is 0 Å². The van der Waals surface area contributed by atoms with Crippen molar-refractivity contribution in [1.82, 2.24) is 0 Å². The predicted molar refractivity (Wildman–Crippen MR) is 81.0 cm³/mol. The van der Waals surface area contributed by atoms with E-state index in [1.54, 1.807) is 14.2 Å². The summed E-state index contributed by atoms with van der Waals surface area (Å²) in [6.07, 6.45) is 6.35. The molecule has 0 unspecified atom stereocenters. The molecule has 0 N–H and O–H groups in total. The molecule has 0 bridgehead atoms. The molecule has 1 aromatic carbocycles. The molecule has 0 spiro atoms. The van der Waals surface area contributed by atoms with Crippen molar-refractivity contribution in [3.05, 3.63) is 33.1 Å². The molecule has 0 atom stereocenters. The van der Waals surface area contributed by atoms with Gasteiger partial charge in [0.15, 0.2) is 11.5 Å². The minimum Gasteiger partial charge on any atom is -0.493 e. The maximum absolute atomic E-state index is 5.36. The van der Waals surface area contributed by atoms with Crippen molar-refractivity contribution in [3.63, 3.8) is 0 Å². The van der Waals surface area contributed by atoms with Crippen LogP contribution in [0.4, 0.5) is 0 Å². The Morgan fingerprint density at radius 1 is 0.944 bits per heavy atom. The topological polar surface area (TPSA) is 18.5 Å². The van der Waals surface area contributed by atoms with Gasteiger partial charge in [0.05, 0.1) is 14.2 Å². The molecule has 0 fully saturated rings. The second-order valence-electron chi connectivity index (χ2n) is 4.13. The number of benzene rings is 1. The lowest BCUT2D eigenvalue weighted by Crippen LogP contribution is -1.93. The summed E-state index contributed by atoms with van der Waals surface area (Å²) in [7, 11) is 3.37. The Morgan fingerprint density at radius 3 is 1.72 bits per heavy atom. The highest BCUT2D eigenvalue weighted by Gasteiger charge is 2.21. The van der Waals surface area contributed by atoms with Crippen LogP contribution in [0.3, 0.4) is 0 Å². The van der Waals surface area contributed by atoms with E-state index < -0.39 is 0 Å². The molecule has 18 heavy (non-hydrogen) atoms. The van der Waals surface area contributed by atoms with Gasteiger partial charge in [0.2, 0.25) is 0 Å². The number of methoxy groups -OCH3 is 2. The number of fused-ring (bicyclic) bond motifs is 1. The third-order valence-electron chi connectivity index (χ3n) is 3.17. The number of ether oxygens (including phenoxy) is 2. The van der Waals surface area contributed by atoms with Gasteiger partial charge in [-0.05, 0) is 54.2 Å². The van der Waals surface area contributed by atoms with Crippen molar-refractivity contribution in [2.45, 2.75) is 12.8 Å². The molecule has 1 aromatic rings. The van der Waals surface area contributed by atoms with Gasteiger partial charge in [0, 0.05) is 4.24 Å². The van der Waals surface area contributed by atoms with E-state index in [4.69, 9.17) is 9.47 Å². The molecule has 0 radical (unpaired) electrons. The van der Waals surface area contributed by atoms with Crippen LogP contribution < -0.4 is 9.47 Å². The first kappa shape index (κ1) is 13.7. The van der Waals surface area contributed by atoms with Gasteiger partial charge in [-0.1, -0.05) is 0 Å². The SMILES string of the molecule is COc1cc2c(cc1OC)CC(=C(SC)SC)C2. The lowest BCUT2D eigenvalue weighted by Gasteiger charge is -2.09. The normalized spacial score (nSPS) is 13.4. The second kappa shape index (κ2) is 5.93. The molecule has 0 saturated carbocycles. The Morgan fingerprint density at radius 2 is 1.39 bits per heavy atom. The largest absolute Gasteiger partial charge is 0.493 e. The van der Waals surface area contributed by atoms with Gasteiger partial charge in [-0.3, -0.25) is 0 Å². The van der Waals surface area contributed by atoms with Crippen molar-refractivity contribution in [2.75, 3.05) is 26.7 Å². The first-order chi connectivity index (χ1) is 8.73. The summed E-state index contributed by atoms with van der Waals surface area (Å²) in [4.78, 5) is 0. The highest BCUT2D eigenvalue weighted by atomic mass is 32.2. The average molecular weight is 282 g/mol. The van der Waals surface area contributed by atoms with Crippen LogP contribution in [-0.4, -0.2) is 26.7 Å². The summed E-state index contributed by atoms with van der Waals surface area (Å²) in [6.45, 7) is 0. The van der Waals surface area contributed by atoms with E-state index in [1.165, 1.54) is 20.9 Å². The van der Waals surface area contributed by atoms with Crippen LogP contribution in [0, 0.1) is 0 Å². The van der Waals surface area contributed by atoms with E-state index in [0.29, 0.717) is 0 Å². The third-order valence-corrected chi connectivity index (χ3v) is 5.49. The Kier molecular flexibility index (Phi) is 4.51. The van der Waals surface area contributed by atoms with Crippen molar-refractivity contribution < 1.29 is 9.47 Å². The highest BCUT2D eigenvalue weighted by Crippen LogP contribution is 2.40. The zero-order chi connectivity index (χ0) is 13.1. The summed E-state index contributed by atoms with van der Waals surface area (Å²) in [5.74, 6) is 1.65. The molecule has 1 aliphatic rings. The number of allylic oxidation sites excluding steroid dienone is 1. The molecular weight excluding hydrogens is 264 g/mol. The van der Waals surface area contributed by atoms with E-state index in [2.05, 4.69) is 24.6 Å². The molecule has 0 aliphatic heterocycles. The van der Waals surface area contributed by atoms with Crippen molar-refractivity contribution >= 4 is 23.5 Å². The standard InChI is InChI=1S/C14H18O2S2/c1-15-12-7-9-5-11(14(17-3)18-4)6-10(9)8-13(12)16-2/h7-8H,5-6H2,1-4H3. The zero-order valence-electron chi connectivity index (χ0n) is 11.2. The minimum absolute atomic E-state index is 0.826. The van der Waals surface area contributed by atoms with Gasteiger partial charge in [-0.25, -0.2) is 0 Å². The molecule has 2 nitrogen and oxygen atoms in total. The number of thioether (sulfide) groups is 2. The molecule has 0 amide bonds. The molecule has 0 heterocycles. The van der Waals surface area contributed by atoms with Crippen LogP contribution in [0.5, 0.6) is 11.5 Å². The van der Waals surface area contributed by atoms with E-state index in [-0.39, 0.29) is 0 Å². The maximum Gasteiger partial charge on any atom is 0.161 e. The lowest BCUT2D eigenvalue weighted by molar-refractivity contribution is 0.354. The third kappa shape index (κ3) is 2.50. The summed E-state index contributed by atoms with van der Waals surface area (Å²) in [6, 6.07) is 4.22. The predicted octanol–water partition coefficient (Wildman–Crippen LogP) is 3.74. The van der Waals surface area contributed by atoms with Gasteiger partial charge >= 0.3 is 0 Å². The van der Waals surface area contributed by atoms with Gasteiger partial charge < -0.3 is 9.47 Å². The van der Waals surface area contributed by atoms with Gasteiger partial charge in [0.25, 0.3) is 0 Å². The van der Waals surface area contributed by atoms with E-state index >= 15 is 0 Å². The molecular formula is C14H18O2S2. The van der Waals surface area contributed by atoms with Crippen LogP contribution in [0.25, 0.3) is 0 Å². The molecule has 0 saturated heterocycles. The maximum atomic E-state index is 5.36. The van der Waals surface area contributed by atoms with Crippen LogP contribution in [0.2, 0.25) is 0 Å². The Bertz CT molecular complexity index is 440. The smallest absolute Gasteiger partial charge is 0.161 e. The Balaban J connectivity index is 2.38. The lowest BCUT2D eigenvalue weighted by atomic mass is 10.1. The first-order valence-electron chi connectivity index (χ1n) is 5.77. The van der Waals surface area contributed by atoms with Crippen molar-refractivity contribution in [2.24, 2.45) is 0 Å². The Labute approximate surface area is 117 Å². The fourth-order valence-corrected chi connectivity index (χ4v) is 3.86. The average Bonchev–Trinajstić information content (AvgIpc) is 2.80. The minimum atomic E-state index is 0.826. The fourth-order valence-electron chi connectivity index (χ4n) is 2.33. The summed E-state index contributed by atoms with van der Waals surface area (Å²) < 4.78 is 12.2. The monoisotopic (exact) mass is 282 g/mol. The first-order valence-corrected chi connectivity index (χ1v) is 8.22. The van der Waals surface area contributed by atoms with Crippen molar-refractivity contribution in [1.29, 1.82) is 0 Å². The van der Waals surface area contributed by atoms with Gasteiger partial charge in [-0.15, -0.1) is 23.5 Å². The van der Waals surface area contributed by atoms with Crippen LogP contribution >= 0.6 is 23.5 Å². The number of hydrogen-bond donors (Lipinski definition) is 0. The van der Waals surface area contributed by atoms with Crippen LogP contribution in [0.1, 0.15) is 11.1 Å². The molecule has 2 rings (SSSR count). The summed E-state index contributed by atoms with van der Waals surface area (Å²) >= 11 is 3.68. The summed E-state index contributed by atoms with van der Waals surface area (Å²) in [5.41, 5.74) is 4.24. The molecule has 0 aromatic heterocycles. The zero-order valence-corrected chi connectivity index (χ0v) is 12.8. The Hall–Kier alpha value is -0.740. The number of rotatable bonds is 4. The molecule has 98 valence electrons. The van der Waals surface area contributed by atoms with E-state index in [0.717, 1.165) is 24.3 Å². The number of hydrogen-bond acceptors (Lipinski definition) is 4. The van der Waals surface area contributed by atoms with Crippen LogP contribution in [-0.2, 0) is 12.8 Å². The molecule has 4 heteroatoms. The van der Waals surface area contributed by atoms with Gasteiger partial charge in [0.1, 0.15) is 0 Å². The van der Waals surface area contributed by atoms with E-state index in [9.17, 15) is 0 Å². The highest BCUT2D eigenvalue weighted by molar-refractivity contribution is 8.21. The van der Waals surface area contributed by atoms with E-state index in [1.807, 2.05) is 23.5 Å².